The lowest BCUT2D eigenvalue weighted by atomic mass is 10.2. The van der Waals surface area contributed by atoms with Crippen molar-refractivity contribution in [2.45, 2.75) is 31.5 Å². The predicted molar refractivity (Wildman–Crippen MR) is 82.2 cm³/mol. The van der Waals surface area contributed by atoms with Gasteiger partial charge < -0.3 is 29.9 Å². The Hall–Kier alpha value is -2.76. The molecule has 0 aliphatic heterocycles. The Morgan fingerprint density at radius 1 is 0.652 bits per heavy atom. The van der Waals surface area contributed by atoms with Crippen LogP contribution >= 0.6 is 0 Å². The first-order valence-electron chi connectivity index (χ1n) is 7.40. The molecule has 4 N–H and O–H groups in total. The Morgan fingerprint density at radius 3 is 1.48 bits per heavy atom. The lowest BCUT2D eigenvalue weighted by molar-refractivity contribution is 0.0775. The Labute approximate surface area is 133 Å². The van der Waals surface area contributed by atoms with Gasteiger partial charge in [0.1, 0.15) is 23.7 Å². The average Bonchev–Trinajstić information content (AvgIpc) is 2.94. The molecule has 0 aromatic heterocycles. The Balaban J connectivity index is 1.69. The minimum atomic E-state index is -0.235. The highest BCUT2D eigenvalue weighted by Crippen LogP contribution is 2.34. The number of benzene rings is 2. The van der Waals surface area contributed by atoms with Crippen LogP contribution in [0.2, 0.25) is 0 Å². The van der Waals surface area contributed by atoms with E-state index in [0.717, 1.165) is 19.3 Å². The topological polar surface area (TPSA) is 99.4 Å². The number of phenols is 4. The van der Waals surface area contributed by atoms with Gasteiger partial charge in [-0.1, -0.05) is 0 Å². The van der Waals surface area contributed by atoms with E-state index in [1.807, 2.05) is 0 Å². The molecule has 2 atom stereocenters. The Morgan fingerprint density at radius 2 is 1.09 bits per heavy atom. The molecule has 2 aromatic rings. The molecule has 122 valence electrons. The van der Waals surface area contributed by atoms with Gasteiger partial charge in [-0.2, -0.15) is 0 Å². The van der Waals surface area contributed by atoms with Gasteiger partial charge in [-0.15, -0.1) is 0 Å². The summed E-state index contributed by atoms with van der Waals surface area (Å²) in [6.45, 7) is 0. The van der Waals surface area contributed by atoms with E-state index in [9.17, 15) is 20.4 Å². The molecular weight excluding hydrogens is 300 g/mol. The first-order valence-corrected chi connectivity index (χ1v) is 7.40. The van der Waals surface area contributed by atoms with Gasteiger partial charge in [-0.25, -0.2) is 0 Å². The highest BCUT2D eigenvalue weighted by atomic mass is 16.5. The van der Waals surface area contributed by atoms with Crippen LogP contribution in [-0.4, -0.2) is 32.6 Å². The van der Waals surface area contributed by atoms with Crippen LogP contribution in [0.4, 0.5) is 0 Å². The average molecular weight is 318 g/mol. The van der Waals surface area contributed by atoms with Gasteiger partial charge in [0.15, 0.2) is 23.0 Å². The molecular formula is C17H18O6. The first kappa shape index (κ1) is 15.1. The van der Waals surface area contributed by atoms with Crippen LogP contribution in [0.15, 0.2) is 36.4 Å². The van der Waals surface area contributed by atoms with E-state index in [2.05, 4.69) is 0 Å². The summed E-state index contributed by atoms with van der Waals surface area (Å²) < 4.78 is 11.7. The largest absolute Gasteiger partial charge is 0.504 e. The van der Waals surface area contributed by atoms with E-state index in [-0.39, 0.29) is 35.2 Å². The third-order valence-corrected chi connectivity index (χ3v) is 3.86. The number of aromatic hydroxyl groups is 4. The molecule has 3 rings (SSSR count). The molecule has 2 aromatic carbocycles. The van der Waals surface area contributed by atoms with E-state index >= 15 is 0 Å². The summed E-state index contributed by atoms with van der Waals surface area (Å²) in [6.07, 6.45) is 2.14. The van der Waals surface area contributed by atoms with E-state index in [0.29, 0.717) is 11.5 Å². The highest BCUT2D eigenvalue weighted by Gasteiger charge is 2.31. The van der Waals surface area contributed by atoms with Crippen LogP contribution in [0.1, 0.15) is 19.3 Å². The van der Waals surface area contributed by atoms with Crippen molar-refractivity contribution in [1.29, 1.82) is 0 Å². The lowest BCUT2D eigenvalue weighted by Crippen LogP contribution is -2.31. The second kappa shape index (κ2) is 6.16. The van der Waals surface area contributed by atoms with E-state index in [1.165, 1.54) is 24.3 Å². The summed E-state index contributed by atoms with van der Waals surface area (Å²) in [5.74, 6) is 0.0406. The summed E-state index contributed by atoms with van der Waals surface area (Å²) >= 11 is 0. The molecule has 0 amide bonds. The molecule has 0 radical (unpaired) electrons. The standard InChI is InChI=1S/C17H18O6/c18-12-6-4-10(8-14(12)20)22-16-2-1-3-17(16)23-11-5-7-13(19)15(21)9-11/h4-9,16-21H,1-3H2/t16-,17?/m1/s1. The van der Waals surface area contributed by atoms with Crippen molar-refractivity contribution in [2.75, 3.05) is 0 Å². The molecule has 0 bridgehead atoms. The Bertz CT molecular complexity index is 640. The van der Waals surface area contributed by atoms with Crippen molar-refractivity contribution in [1.82, 2.24) is 0 Å². The van der Waals surface area contributed by atoms with Gasteiger partial charge in [-0.05, 0) is 43.5 Å². The molecule has 23 heavy (non-hydrogen) atoms. The smallest absolute Gasteiger partial charge is 0.161 e. The molecule has 1 unspecified atom stereocenters. The van der Waals surface area contributed by atoms with Gasteiger partial charge in [-0.3, -0.25) is 0 Å². The van der Waals surface area contributed by atoms with Crippen molar-refractivity contribution in [3.05, 3.63) is 36.4 Å². The maximum Gasteiger partial charge on any atom is 0.161 e. The van der Waals surface area contributed by atoms with Gasteiger partial charge in [0, 0.05) is 12.1 Å². The summed E-state index contributed by atoms with van der Waals surface area (Å²) in [5.41, 5.74) is 0. The fourth-order valence-electron chi connectivity index (χ4n) is 2.66. The van der Waals surface area contributed by atoms with Crippen molar-refractivity contribution in [2.24, 2.45) is 0 Å². The second-order valence-corrected chi connectivity index (χ2v) is 5.54. The zero-order valence-corrected chi connectivity index (χ0v) is 12.3. The van der Waals surface area contributed by atoms with Crippen LogP contribution in [-0.2, 0) is 0 Å². The maximum absolute atomic E-state index is 9.52. The quantitative estimate of drug-likeness (QED) is 0.647. The summed E-state index contributed by atoms with van der Waals surface area (Å²) in [7, 11) is 0. The summed E-state index contributed by atoms with van der Waals surface area (Å²) in [5, 5.41) is 37.7. The van der Waals surface area contributed by atoms with Crippen molar-refractivity contribution >= 4 is 0 Å². The lowest BCUT2D eigenvalue weighted by Gasteiger charge is -2.22. The SMILES string of the molecule is Oc1ccc(OC2CCC[C@H]2Oc2ccc(O)c(O)c2)cc1O. The number of hydrogen-bond donors (Lipinski definition) is 4. The van der Waals surface area contributed by atoms with Gasteiger partial charge in [0.25, 0.3) is 0 Å². The van der Waals surface area contributed by atoms with Crippen molar-refractivity contribution in [3.8, 4) is 34.5 Å². The molecule has 6 nitrogen and oxygen atoms in total. The molecule has 1 aliphatic carbocycles. The molecule has 0 heterocycles. The summed E-state index contributed by atoms with van der Waals surface area (Å²) in [6, 6.07) is 8.61. The van der Waals surface area contributed by atoms with E-state index in [4.69, 9.17) is 9.47 Å². The fraction of sp³-hybridized carbons (Fsp3) is 0.294. The molecule has 0 spiro atoms. The molecule has 1 saturated carbocycles. The molecule has 6 heteroatoms. The van der Waals surface area contributed by atoms with Crippen LogP contribution in [0.25, 0.3) is 0 Å². The van der Waals surface area contributed by atoms with Crippen LogP contribution in [0.3, 0.4) is 0 Å². The van der Waals surface area contributed by atoms with Crippen LogP contribution in [0, 0.1) is 0 Å². The predicted octanol–water partition coefficient (Wildman–Crippen LogP) is 2.89. The zero-order chi connectivity index (χ0) is 16.4. The Kier molecular flexibility index (Phi) is 4.06. The van der Waals surface area contributed by atoms with E-state index in [1.54, 1.807) is 12.1 Å². The van der Waals surface area contributed by atoms with Crippen LogP contribution in [0.5, 0.6) is 34.5 Å². The number of phenolic OH excluding ortho intramolecular Hbond substituents is 4. The second-order valence-electron chi connectivity index (χ2n) is 5.54. The number of rotatable bonds is 4. The van der Waals surface area contributed by atoms with Gasteiger partial charge >= 0.3 is 0 Å². The van der Waals surface area contributed by atoms with Crippen molar-refractivity contribution < 1.29 is 29.9 Å². The molecule has 1 fully saturated rings. The normalized spacial score (nSPS) is 20.3. The monoisotopic (exact) mass is 318 g/mol. The third-order valence-electron chi connectivity index (χ3n) is 3.86. The van der Waals surface area contributed by atoms with E-state index < -0.39 is 0 Å². The van der Waals surface area contributed by atoms with Gasteiger partial charge in [0.2, 0.25) is 0 Å². The van der Waals surface area contributed by atoms with Crippen molar-refractivity contribution in [3.63, 3.8) is 0 Å². The fourth-order valence-corrected chi connectivity index (χ4v) is 2.66. The van der Waals surface area contributed by atoms with Gasteiger partial charge in [0.05, 0.1) is 0 Å². The minimum absolute atomic E-state index is 0.198. The highest BCUT2D eigenvalue weighted by molar-refractivity contribution is 5.44. The third kappa shape index (κ3) is 3.36. The number of ether oxygens (including phenoxy) is 2. The zero-order valence-electron chi connectivity index (χ0n) is 12.3. The first-order chi connectivity index (χ1) is 11.0. The minimum Gasteiger partial charge on any atom is -0.504 e. The van der Waals surface area contributed by atoms with Crippen LogP contribution < -0.4 is 9.47 Å². The maximum atomic E-state index is 9.52. The number of hydrogen-bond acceptors (Lipinski definition) is 6. The molecule has 0 saturated heterocycles. The molecule has 1 aliphatic rings. The summed E-state index contributed by atoms with van der Waals surface area (Å²) in [4.78, 5) is 0.